The van der Waals surface area contributed by atoms with Crippen molar-refractivity contribution >= 4 is 44.2 Å². The predicted octanol–water partition coefficient (Wildman–Crippen LogP) is 4.66. The van der Waals surface area contributed by atoms with Gasteiger partial charge < -0.3 is 14.5 Å². The van der Waals surface area contributed by atoms with Gasteiger partial charge in [-0.15, -0.1) is 0 Å². The van der Waals surface area contributed by atoms with Crippen molar-refractivity contribution < 1.29 is 27.2 Å². The van der Waals surface area contributed by atoms with Crippen molar-refractivity contribution in [3.63, 3.8) is 0 Å². The number of nitrogens with one attached hydrogen (secondary N) is 2. The molecule has 4 aromatic rings. The Hall–Kier alpha value is -4.11. The van der Waals surface area contributed by atoms with Crippen molar-refractivity contribution in [2.75, 3.05) is 16.6 Å². The average Bonchev–Trinajstić information content (AvgIpc) is 3.18. The highest BCUT2D eigenvalue weighted by Gasteiger charge is 2.24. The molecule has 1 heterocycles. The monoisotopic (exact) mass is 464 g/mol. The number of hydrogen-bond donors (Lipinski definition) is 2. The van der Waals surface area contributed by atoms with Crippen molar-refractivity contribution in [2.45, 2.75) is 11.8 Å². The number of benzene rings is 3. The van der Waals surface area contributed by atoms with Crippen LogP contribution >= 0.6 is 0 Å². The largest absolute Gasteiger partial charge is 0.460 e. The van der Waals surface area contributed by atoms with Crippen LogP contribution in [0.3, 0.4) is 0 Å². The Bertz CT molecular complexity index is 1430. The van der Waals surface area contributed by atoms with Gasteiger partial charge in [-0.05, 0) is 49.4 Å². The van der Waals surface area contributed by atoms with Gasteiger partial charge in [0.2, 0.25) is 5.76 Å². The molecule has 0 saturated heterocycles. The average molecular weight is 464 g/mol. The van der Waals surface area contributed by atoms with E-state index in [0.717, 1.165) is 0 Å². The number of hydrogen-bond acceptors (Lipinski definition) is 6. The molecule has 0 aliphatic rings. The van der Waals surface area contributed by atoms with Crippen molar-refractivity contribution in [2.24, 2.45) is 0 Å². The molecule has 0 aliphatic heterocycles. The summed E-state index contributed by atoms with van der Waals surface area (Å²) in [5.41, 5.74) is 1.00. The van der Waals surface area contributed by atoms with E-state index < -0.39 is 21.9 Å². The normalized spacial score (nSPS) is 11.2. The second kappa shape index (κ2) is 9.17. The molecule has 0 saturated carbocycles. The van der Waals surface area contributed by atoms with Crippen LogP contribution in [0.5, 0.6) is 0 Å². The number of ether oxygens (including phenoxy) is 1. The van der Waals surface area contributed by atoms with Crippen LogP contribution in [0.15, 0.2) is 88.2 Å². The molecule has 0 bridgehead atoms. The van der Waals surface area contributed by atoms with Gasteiger partial charge in [0.15, 0.2) is 0 Å². The summed E-state index contributed by atoms with van der Waals surface area (Å²) >= 11 is 0. The van der Waals surface area contributed by atoms with E-state index in [2.05, 4.69) is 10.0 Å². The molecule has 0 unspecified atom stereocenters. The number of carbonyl (C=O) groups is 2. The third-order valence-electron chi connectivity index (χ3n) is 4.73. The van der Waals surface area contributed by atoms with E-state index in [1.807, 2.05) is 0 Å². The third-order valence-corrected chi connectivity index (χ3v) is 6.12. The first-order chi connectivity index (χ1) is 15.9. The second-order valence-electron chi connectivity index (χ2n) is 6.98. The summed E-state index contributed by atoms with van der Waals surface area (Å²) in [6.45, 7) is 1.81. The highest BCUT2D eigenvalue weighted by molar-refractivity contribution is 7.92. The molecule has 33 heavy (non-hydrogen) atoms. The maximum atomic E-state index is 13.0. The fraction of sp³-hybridized carbons (Fsp3) is 0.0833. The van der Waals surface area contributed by atoms with E-state index in [9.17, 15) is 18.0 Å². The van der Waals surface area contributed by atoms with Crippen LogP contribution in [0.2, 0.25) is 0 Å². The lowest BCUT2D eigenvalue weighted by atomic mass is 10.1. The molecule has 0 spiro atoms. The van der Waals surface area contributed by atoms with Crippen LogP contribution in [-0.4, -0.2) is 26.9 Å². The first kappa shape index (κ1) is 22.1. The smallest absolute Gasteiger partial charge is 0.376 e. The molecular weight excluding hydrogens is 444 g/mol. The van der Waals surface area contributed by atoms with Gasteiger partial charge in [-0.3, -0.25) is 9.52 Å². The molecule has 168 valence electrons. The summed E-state index contributed by atoms with van der Waals surface area (Å²) in [5, 5.41) is 3.24. The number of amides is 1. The summed E-state index contributed by atoms with van der Waals surface area (Å²) in [4.78, 5) is 25.4. The molecule has 0 atom stereocenters. The van der Waals surface area contributed by atoms with Crippen LogP contribution in [0.25, 0.3) is 11.0 Å². The minimum Gasteiger partial charge on any atom is -0.460 e. The van der Waals surface area contributed by atoms with Crippen molar-refractivity contribution in [3.8, 4) is 0 Å². The molecule has 9 heteroatoms. The zero-order valence-electron chi connectivity index (χ0n) is 17.6. The van der Waals surface area contributed by atoms with E-state index in [4.69, 9.17) is 9.15 Å². The molecule has 8 nitrogen and oxygen atoms in total. The molecule has 1 amide bonds. The Morgan fingerprint density at radius 1 is 0.939 bits per heavy atom. The Morgan fingerprint density at radius 2 is 1.67 bits per heavy atom. The van der Waals surface area contributed by atoms with Crippen molar-refractivity contribution in [1.29, 1.82) is 0 Å². The van der Waals surface area contributed by atoms with Gasteiger partial charge in [0.1, 0.15) is 11.3 Å². The molecule has 0 aliphatic carbocycles. The molecular formula is C24H20N2O6S. The summed E-state index contributed by atoms with van der Waals surface area (Å²) < 4.78 is 38.3. The van der Waals surface area contributed by atoms with Crippen LogP contribution < -0.4 is 10.0 Å². The van der Waals surface area contributed by atoms with E-state index in [0.29, 0.717) is 11.0 Å². The van der Waals surface area contributed by atoms with Crippen LogP contribution in [0.4, 0.5) is 11.4 Å². The van der Waals surface area contributed by atoms with E-state index in [1.54, 1.807) is 55.5 Å². The Labute approximate surface area is 190 Å². The molecule has 0 fully saturated rings. The number of carbonyl (C=O) groups excluding carboxylic acids is 2. The van der Waals surface area contributed by atoms with Gasteiger partial charge in [0, 0.05) is 16.6 Å². The highest BCUT2D eigenvalue weighted by Crippen LogP contribution is 2.32. The Balaban J connectivity index is 1.62. The fourth-order valence-electron chi connectivity index (χ4n) is 3.23. The molecule has 1 aromatic heterocycles. The highest BCUT2D eigenvalue weighted by atomic mass is 32.2. The maximum absolute atomic E-state index is 13.0. The number of sulfonamides is 1. The minimum absolute atomic E-state index is 0.101. The molecule has 3 aromatic carbocycles. The summed E-state index contributed by atoms with van der Waals surface area (Å²) in [6.07, 6.45) is 0. The lowest BCUT2D eigenvalue weighted by Crippen LogP contribution is -2.16. The zero-order chi connectivity index (χ0) is 23.4. The van der Waals surface area contributed by atoms with Gasteiger partial charge in [-0.25, -0.2) is 13.2 Å². The lowest BCUT2D eigenvalue weighted by molar-refractivity contribution is 0.0494. The van der Waals surface area contributed by atoms with E-state index in [-0.39, 0.29) is 34.2 Å². The third kappa shape index (κ3) is 4.73. The van der Waals surface area contributed by atoms with Gasteiger partial charge in [-0.2, -0.15) is 0 Å². The predicted molar refractivity (Wildman–Crippen MR) is 124 cm³/mol. The zero-order valence-corrected chi connectivity index (χ0v) is 18.4. The van der Waals surface area contributed by atoms with Crippen LogP contribution in [-0.2, 0) is 14.8 Å². The number of fused-ring (bicyclic) bond motifs is 1. The topological polar surface area (TPSA) is 115 Å². The number of para-hydroxylation sites is 1. The second-order valence-corrected chi connectivity index (χ2v) is 8.66. The van der Waals surface area contributed by atoms with Gasteiger partial charge in [-0.1, -0.05) is 36.4 Å². The first-order valence-electron chi connectivity index (χ1n) is 10.1. The van der Waals surface area contributed by atoms with E-state index >= 15 is 0 Å². The quantitative estimate of drug-likeness (QED) is 0.384. The van der Waals surface area contributed by atoms with Crippen LogP contribution in [0, 0.1) is 0 Å². The standard InChI is InChI=1S/C24H20N2O6S/c1-2-31-24(28)22-21(19-13-6-7-14-20(19)32-22)25-23(27)16-9-8-10-17(15-16)26-33(29,30)18-11-4-3-5-12-18/h3-15,26H,2H2,1H3,(H,25,27). The molecule has 2 N–H and O–H groups in total. The minimum atomic E-state index is -3.82. The Morgan fingerprint density at radius 3 is 2.42 bits per heavy atom. The number of esters is 1. The SMILES string of the molecule is CCOC(=O)c1oc2ccccc2c1NC(=O)c1cccc(NS(=O)(=O)c2ccccc2)c1. The van der Waals surface area contributed by atoms with Gasteiger partial charge >= 0.3 is 5.97 Å². The van der Waals surface area contributed by atoms with Gasteiger partial charge in [0.05, 0.1) is 11.5 Å². The summed E-state index contributed by atoms with van der Waals surface area (Å²) in [5.74, 6) is -1.37. The number of rotatable bonds is 7. The molecule has 0 radical (unpaired) electrons. The maximum Gasteiger partial charge on any atom is 0.376 e. The van der Waals surface area contributed by atoms with Crippen LogP contribution in [0.1, 0.15) is 27.8 Å². The summed E-state index contributed by atoms with van der Waals surface area (Å²) in [6, 6.07) is 20.8. The van der Waals surface area contributed by atoms with Crippen molar-refractivity contribution in [3.05, 3.63) is 90.2 Å². The van der Waals surface area contributed by atoms with E-state index in [1.165, 1.54) is 30.3 Å². The number of furan rings is 1. The summed E-state index contributed by atoms with van der Waals surface area (Å²) in [7, 11) is -3.82. The van der Waals surface area contributed by atoms with Gasteiger partial charge in [0.25, 0.3) is 15.9 Å². The lowest BCUT2D eigenvalue weighted by Gasteiger charge is -2.10. The first-order valence-corrected chi connectivity index (χ1v) is 11.6. The van der Waals surface area contributed by atoms with Crippen molar-refractivity contribution in [1.82, 2.24) is 0 Å². The fourth-order valence-corrected chi connectivity index (χ4v) is 4.30. The Kier molecular flexibility index (Phi) is 6.14. The molecule has 4 rings (SSSR count). The number of anilines is 2.